The maximum atomic E-state index is 12.8. The van der Waals surface area contributed by atoms with Gasteiger partial charge in [0.1, 0.15) is 5.69 Å². The number of nitrogens with one attached hydrogen (secondary N) is 2. The molecule has 1 aliphatic rings. The van der Waals surface area contributed by atoms with Gasteiger partial charge in [0.25, 0.3) is 11.6 Å². The lowest BCUT2D eigenvalue weighted by atomic mass is 10.0. The number of alkyl halides is 3. The molecule has 11 heteroatoms. The molecule has 0 saturated carbocycles. The highest BCUT2D eigenvalue weighted by Gasteiger charge is 2.33. The van der Waals surface area contributed by atoms with Crippen LogP contribution in [0.4, 0.5) is 24.5 Å². The molecule has 2 N–H and O–H groups in total. The average molecular weight is 464 g/mol. The van der Waals surface area contributed by atoms with Gasteiger partial charge in [0.15, 0.2) is 0 Å². The van der Waals surface area contributed by atoms with Crippen molar-refractivity contribution in [1.29, 1.82) is 0 Å². The standard InChI is InChI=1S/C22H23F3N4O4/c23-22(24,25)16-6-7-18(19(14-16)29(32)33)26-11-8-20(30)28-12-9-17(10-13-28)27-21(31)15-4-2-1-3-5-15/h1-7,14,17,26H,8-13H2,(H,27,31). The predicted molar refractivity (Wildman–Crippen MR) is 115 cm³/mol. The van der Waals surface area contributed by atoms with Crippen molar-refractivity contribution < 1.29 is 27.7 Å². The van der Waals surface area contributed by atoms with Gasteiger partial charge in [-0.1, -0.05) is 18.2 Å². The first-order chi connectivity index (χ1) is 15.6. The molecule has 33 heavy (non-hydrogen) atoms. The summed E-state index contributed by atoms with van der Waals surface area (Å²) in [5.41, 5.74) is -1.33. The fourth-order valence-electron chi connectivity index (χ4n) is 3.60. The van der Waals surface area contributed by atoms with Gasteiger partial charge in [0.05, 0.1) is 10.5 Å². The normalized spacial score (nSPS) is 14.6. The Hall–Kier alpha value is -3.63. The highest BCUT2D eigenvalue weighted by atomic mass is 19.4. The number of likely N-dealkylation sites (tertiary alicyclic amines) is 1. The fourth-order valence-corrected chi connectivity index (χ4v) is 3.60. The van der Waals surface area contributed by atoms with E-state index in [2.05, 4.69) is 10.6 Å². The Kier molecular flexibility index (Phi) is 7.52. The Morgan fingerprint density at radius 1 is 1.09 bits per heavy atom. The summed E-state index contributed by atoms with van der Waals surface area (Å²) in [6.07, 6.45) is -3.46. The molecule has 176 valence electrons. The molecule has 8 nitrogen and oxygen atoms in total. The van der Waals surface area contributed by atoms with E-state index in [1.807, 2.05) is 6.07 Å². The van der Waals surface area contributed by atoms with Crippen molar-refractivity contribution >= 4 is 23.2 Å². The van der Waals surface area contributed by atoms with Crippen molar-refractivity contribution in [1.82, 2.24) is 10.2 Å². The third-order valence-corrected chi connectivity index (χ3v) is 5.39. The highest BCUT2D eigenvalue weighted by molar-refractivity contribution is 5.94. The van der Waals surface area contributed by atoms with Crippen molar-refractivity contribution in [2.24, 2.45) is 0 Å². The highest BCUT2D eigenvalue weighted by Crippen LogP contribution is 2.34. The Balaban J connectivity index is 1.46. The van der Waals surface area contributed by atoms with Gasteiger partial charge in [-0.2, -0.15) is 13.2 Å². The number of nitro groups is 1. The number of benzene rings is 2. The minimum absolute atomic E-state index is 0.0270. The Morgan fingerprint density at radius 3 is 2.36 bits per heavy atom. The molecule has 2 amide bonds. The molecule has 2 aromatic rings. The van der Waals surface area contributed by atoms with Crippen LogP contribution in [0.3, 0.4) is 0 Å². The maximum Gasteiger partial charge on any atom is 0.416 e. The van der Waals surface area contributed by atoms with Gasteiger partial charge < -0.3 is 15.5 Å². The first kappa shape index (κ1) is 24.0. The second-order valence-electron chi connectivity index (χ2n) is 7.66. The quantitative estimate of drug-likeness (QED) is 0.479. The number of hydrogen-bond donors (Lipinski definition) is 2. The number of nitro benzene ring substituents is 1. The van der Waals surface area contributed by atoms with E-state index in [-0.39, 0.29) is 36.5 Å². The summed E-state index contributed by atoms with van der Waals surface area (Å²) in [5.74, 6) is -0.340. The van der Waals surface area contributed by atoms with E-state index in [1.165, 1.54) is 0 Å². The van der Waals surface area contributed by atoms with Crippen LogP contribution in [0.15, 0.2) is 48.5 Å². The van der Waals surface area contributed by atoms with Gasteiger partial charge in [0, 0.05) is 43.7 Å². The summed E-state index contributed by atoms with van der Waals surface area (Å²) < 4.78 is 38.4. The smallest absolute Gasteiger partial charge is 0.379 e. The molecular formula is C22H23F3N4O4. The third-order valence-electron chi connectivity index (χ3n) is 5.39. The summed E-state index contributed by atoms with van der Waals surface area (Å²) in [7, 11) is 0. The number of carbonyl (C=O) groups is 2. The monoisotopic (exact) mass is 464 g/mol. The lowest BCUT2D eigenvalue weighted by molar-refractivity contribution is -0.384. The van der Waals surface area contributed by atoms with E-state index >= 15 is 0 Å². The van der Waals surface area contributed by atoms with Crippen molar-refractivity contribution in [2.45, 2.75) is 31.5 Å². The molecule has 0 bridgehead atoms. The van der Waals surface area contributed by atoms with Gasteiger partial charge in [-0.25, -0.2) is 0 Å². The molecule has 1 fully saturated rings. The molecule has 0 spiro atoms. The van der Waals surface area contributed by atoms with Crippen molar-refractivity contribution in [3.8, 4) is 0 Å². The van der Waals surface area contributed by atoms with E-state index < -0.39 is 22.4 Å². The fraction of sp³-hybridized carbons (Fsp3) is 0.364. The molecule has 0 unspecified atom stereocenters. The number of amides is 2. The summed E-state index contributed by atoms with van der Waals surface area (Å²) in [6.45, 7) is 0.952. The maximum absolute atomic E-state index is 12.8. The van der Waals surface area contributed by atoms with Crippen LogP contribution in [0.25, 0.3) is 0 Å². The van der Waals surface area contributed by atoms with E-state index in [4.69, 9.17) is 0 Å². The van der Waals surface area contributed by atoms with Crippen LogP contribution in [0, 0.1) is 10.1 Å². The second kappa shape index (κ2) is 10.3. The Bertz CT molecular complexity index is 1010. The molecule has 0 aliphatic carbocycles. The molecule has 1 saturated heterocycles. The van der Waals surface area contributed by atoms with Crippen LogP contribution < -0.4 is 10.6 Å². The molecular weight excluding hydrogens is 441 g/mol. The third kappa shape index (κ3) is 6.43. The van der Waals surface area contributed by atoms with Crippen molar-refractivity contribution in [3.05, 3.63) is 69.8 Å². The molecule has 3 rings (SSSR count). The van der Waals surface area contributed by atoms with Gasteiger partial charge in [-0.15, -0.1) is 0 Å². The molecule has 0 aromatic heterocycles. The molecule has 0 atom stereocenters. The number of anilines is 1. The van der Waals surface area contributed by atoms with Crippen LogP contribution in [0.2, 0.25) is 0 Å². The van der Waals surface area contributed by atoms with Gasteiger partial charge in [-0.3, -0.25) is 19.7 Å². The SMILES string of the molecule is O=C(NC1CCN(C(=O)CCNc2ccc(C(F)(F)F)cc2[N+](=O)[O-])CC1)c1ccccc1. The number of hydrogen-bond acceptors (Lipinski definition) is 5. The molecule has 1 aliphatic heterocycles. The van der Waals surface area contributed by atoms with E-state index in [0.717, 1.165) is 12.1 Å². The summed E-state index contributed by atoms with van der Waals surface area (Å²) in [6, 6.07) is 11.0. The summed E-state index contributed by atoms with van der Waals surface area (Å²) >= 11 is 0. The van der Waals surface area contributed by atoms with Crippen LogP contribution >= 0.6 is 0 Å². The second-order valence-corrected chi connectivity index (χ2v) is 7.66. The van der Waals surface area contributed by atoms with Gasteiger partial charge in [-0.05, 0) is 37.1 Å². The zero-order valence-electron chi connectivity index (χ0n) is 17.6. The Labute approximate surface area is 187 Å². The van der Waals surface area contributed by atoms with Gasteiger partial charge in [0.2, 0.25) is 5.91 Å². The van der Waals surface area contributed by atoms with Crippen LogP contribution in [-0.2, 0) is 11.0 Å². The predicted octanol–water partition coefficient (Wildman–Crippen LogP) is 3.84. The van der Waals surface area contributed by atoms with E-state index in [1.54, 1.807) is 29.2 Å². The zero-order valence-corrected chi connectivity index (χ0v) is 17.6. The number of halogens is 3. The van der Waals surface area contributed by atoms with Crippen LogP contribution in [0.1, 0.15) is 35.2 Å². The van der Waals surface area contributed by atoms with Gasteiger partial charge >= 0.3 is 6.18 Å². The first-order valence-electron chi connectivity index (χ1n) is 10.4. The average Bonchev–Trinajstić information content (AvgIpc) is 2.79. The van der Waals surface area contributed by atoms with Crippen molar-refractivity contribution in [2.75, 3.05) is 25.0 Å². The summed E-state index contributed by atoms with van der Waals surface area (Å²) in [4.78, 5) is 36.6. The Morgan fingerprint density at radius 2 is 1.76 bits per heavy atom. The van der Waals surface area contributed by atoms with E-state index in [0.29, 0.717) is 37.6 Å². The van der Waals surface area contributed by atoms with E-state index in [9.17, 15) is 32.9 Å². The zero-order chi connectivity index (χ0) is 24.0. The summed E-state index contributed by atoms with van der Waals surface area (Å²) in [5, 5.41) is 16.8. The topological polar surface area (TPSA) is 105 Å². The lowest BCUT2D eigenvalue weighted by Crippen LogP contribution is -2.46. The molecule has 1 heterocycles. The lowest BCUT2D eigenvalue weighted by Gasteiger charge is -2.32. The largest absolute Gasteiger partial charge is 0.416 e. The number of nitrogens with zero attached hydrogens (tertiary/aromatic N) is 2. The van der Waals surface area contributed by atoms with Crippen molar-refractivity contribution in [3.63, 3.8) is 0 Å². The minimum atomic E-state index is -4.69. The minimum Gasteiger partial charge on any atom is -0.379 e. The number of carbonyl (C=O) groups excluding carboxylic acids is 2. The number of piperidine rings is 1. The molecule has 2 aromatic carbocycles. The number of rotatable bonds is 7. The molecule has 0 radical (unpaired) electrons. The van der Waals surface area contributed by atoms with Crippen LogP contribution in [0.5, 0.6) is 0 Å². The van der Waals surface area contributed by atoms with Crippen LogP contribution in [-0.4, -0.2) is 47.3 Å². The first-order valence-corrected chi connectivity index (χ1v) is 10.4.